The van der Waals surface area contributed by atoms with Crippen LogP contribution in [0.25, 0.3) is 0 Å². The quantitative estimate of drug-likeness (QED) is 0.679. The fourth-order valence-corrected chi connectivity index (χ4v) is 2.32. The predicted molar refractivity (Wildman–Crippen MR) is 68.0 cm³/mol. The molecule has 0 atom stereocenters. The SMILES string of the molecule is CC(C)CCCOc1ccc2c(c1)CCC2. The van der Waals surface area contributed by atoms with Crippen LogP contribution in [0.1, 0.15) is 44.2 Å². The van der Waals surface area contributed by atoms with Gasteiger partial charge < -0.3 is 4.74 Å². The van der Waals surface area contributed by atoms with Gasteiger partial charge in [-0.05, 0) is 61.3 Å². The highest BCUT2D eigenvalue weighted by Crippen LogP contribution is 2.26. The highest BCUT2D eigenvalue weighted by molar-refractivity contribution is 5.38. The molecule has 1 aliphatic carbocycles. The Morgan fingerprint density at radius 3 is 2.81 bits per heavy atom. The van der Waals surface area contributed by atoms with Crippen molar-refractivity contribution in [3.8, 4) is 5.75 Å². The summed E-state index contributed by atoms with van der Waals surface area (Å²) in [6.07, 6.45) is 6.22. The van der Waals surface area contributed by atoms with Gasteiger partial charge in [0.25, 0.3) is 0 Å². The van der Waals surface area contributed by atoms with E-state index in [2.05, 4.69) is 32.0 Å². The molecule has 0 heterocycles. The average molecular weight is 218 g/mol. The van der Waals surface area contributed by atoms with Crippen molar-refractivity contribution in [1.29, 1.82) is 0 Å². The van der Waals surface area contributed by atoms with Crippen LogP contribution in [0.15, 0.2) is 18.2 Å². The minimum atomic E-state index is 0.781. The van der Waals surface area contributed by atoms with Crippen LogP contribution >= 0.6 is 0 Å². The molecule has 0 radical (unpaired) electrons. The molecule has 0 saturated carbocycles. The Morgan fingerprint density at radius 1 is 1.19 bits per heavy atom. The molecule has 1 aromatic rings. The fraction of sp³-hybridized carbons (Fsp3) is 0.600. The van der Waals surface area contributed by atoms with Crippen molar-refractivity contribution < 1.29 is 4.74 Å². The Balaban J connectivity index is 1.81. The average Bonchev–Trinajstić information content (AvgIpc) is 2.71. The number of ether oxygens (including phenoxy) is 1. The van der Waals surface area contributed by atoms with E-state index in [9.17, 15) is 0 Å². The van der Waals surface area contributed by atoms with Crippen LogP contribution in [0.5, 0.6) is 5.75 Å². The Bertz CT molecular complexity index is 341. The lowest BCUT2D eigenvalue weighted by Gasteiger charge is -2.09. The van der Waals surface area contributed by atoms with Crippen LogP contribution in [-0.2, 0) is 12.8 Å². The lowest BCUT2D eigenvalue weighted by Crippen LogP contribution is -2.00. The predicted octanol–water partition coefficient (Wildman–Crippen LogP) is 3.99. The summed E-state index contributed by atoms with van der Waals surface area (Å²) < 4.78 is 5.78. The van der Waals surface area contributed by atoms with Crippen molar-refractivity contribution >= 4 is 0 Å². The van der Waals surface area contributed by atoms with Gasteiger partial charge in [0.2, 0.25) is 0 Å². The maximum absolute atomic E-state index is 5.78. The summed E-state index contributed by atoms with van der Waals surface area (Å²) in [5.74, 6) is 1.84. The molecule has 1 nitrogen and oxygen atoms in total. The second-order valence-corrected chi connectivity index (χ2v) is 5.17. The van der Waals surface area contributed by atoms with Gasteiger partial charge in [-0.25, -0.2) is 0 Å². The van der Waals surface area contributed by atoms with Crippen LogP contribution in [0.2, 0.25) is 0 Å². The van der Waals surface area contributed by atoms with Crippen molar-refractivity contribution in [3.05, 3.63) is 29.3 Å². The van der Waals surface area contributed by atoms with Gasteiger partial charge in [-0.15, -0.1) is 0 Å². The van der Waals surface area contributed by atoms with Crippen LogP contribution in [0, 0.1) is 5.92 Å². The largest absolute Gasteiger partial charge is 0.494 e. The monoisotopic (exact) mass is 218 g/mol. The van der Waals surface area contributed by atoms with E-state index in [4.69, 9.17) is 4.74 Å². The number of aryl methyl sites for hydroxylation is 2. The molecule has 0 unspecified atom stereocenters. The van der Waals surface area contributed by atoms with Crippen LogP contribution in [0.3, 0.4) is 0 Å². The first kappa shape index (κ1) is 11.5. The highest BCUT2D eigenvalue weighted by atomic mass is 16.5. The van der Waals surface area contributed by atoms with Crippen molar-refractivity contribution in [2.75, 3.05) is 6.61 Å². The number of benzene rings is 1. The van der Waals surface area contributed by atoms with E-state index in [0.29, 0.717) is 0 Å². The van der Waals surface area contributed by atoms with Crippen LogP contribution in [-0.4, -0.2) is 6.61 Å². The zero-order valence-electron chi connectivity index (χ0n) is 10.5. The van der Waals surface area contributed by atoms with Gasteiger partial charge in [-0.3, -0.25) is 0 Å². The van der Waals surface area contributed by atoms with Crippen molar-refractivity contribution in [2.45, 2.75) is 46.0 Å². The molecule has 0 spiro atoms. The molecule has 0 fully saturated rings. The zero-order chi connectivity index (χ0) is 11.4. The van der Waals surface area contributed by atoms with Gasteiger partial charge in [0.15, 0.2) is 0 Å². The van der Waals surface area contributed by atoms with Gasteiger partial charge in [0.1, 0.15) is 5.75 Å². The maximum Gasteiger partial charge on any atom is 0.119 e. The summed E-state index contributed by atoms with van der Waals surface area (Å²) in [5.41, 5.74) is 3.02. The molecule has 0 aromatic heterocycles. The van der Waals surface area contributed by atoms with Gasteiger partial charge in [0, 0.05) is 0 Å². The third-order valence-electron chi connectivity index (χ3n) is 3.26. The number of fused-ring (bicyclic) bond motifs is 1. The van der Waals surface area contributed by atoms with E-state index in [-0.39, 0.29) is 0 Å². The first-order chi connectivity index (χ1) is 7.75. The zero-order valence-corrected chi connectivity index (χ0v) is 10.5. The first-order valence-electron chi connectivity index (χ1n) is 6.50. The van der Waals surface area contributed by atoms with Gasteiger partial charge in [-0.2, -0.15) is 0 Å². The molecule has 1 heteroatoms. The Labute approximate surface area is 98.8 Å². The minimum absolute atomic E-state index is 0.781. The second kappa shape index (κ2) is 5.38. The molecule has 88 valence electrons. The number of hydrogen-bond donors (Lipinski definition) is 0. The molecular weight excluding hydrogens is 196 g/mol. The smallest absolute Gasteiger partial charge is 0.119 e. The molecule has 0 N–H and O–H groups in total. The molecule has 16 heavy (non-hydrogen) atoms. The lowest BCUT2D eigenvalue weighted by molar-refractivity contribution is 0.297. The van der Waals surface area contributed by atoms with E-state index < -0.39 is 0 Å². The summed E-state index contributed by atoms with van der Waals surface area (Å²) in [6.45, 7) is 5.38. The summed E-state index contributed by atoms with van der Waals surface area (Å²) in [4.78, 5) is 0. The standard InChI is InChI=1S/C15H22O/c1-12(2)5-4-10-16-15-9-8-13-6-3-7-14(13)11-15/h8-9,11-12H,3-7,10H2,1-2H3. The second-order valence-electron chi connectivity index (χ2n) is 5.17. The van der Waals surface area contributed by atoms with Crippen LogP contribution < -0.4 is 4.74 Å². The number of rotatable bonds is 5. The number of hydrogen-bond acceptors (Lipinski definition) is 1. The molecule has 1 aliphatic rings. The molecule has 2 rings (SSSR count). The molecule has 0 saturated heterocycles. The highest BCUT2D eigenvalue weighted by Gasteiger charge is 2.10. The fourth-order valence-electron chi connectivity index (χ4n) is 2.32. The molecular formula is C15H22O. The van der Waals surface area contributed by atoms with E-state index in [1.807, 2.05) is 0 Å². The Kier molecular flexibility index (Phi) is 3.87. The van der Waals surface area contributed by atoms with Gasteiger partial charge in [0.05, 0.1) is 6.61 Å². The van der Waals surface area contributed by atoms with Crippen molar-refractivity contribution in [1.82, 2.24) is 0 Å². The molecule has 0 bridgehead atoms. The first-order valence-corrected chi connectivity index (χ1v) is 6.50. The topological polar surface area (TPSA) is 9.23 Å². The van der Waals surface area contributed by atoms with Gasteiger partial charge >= 0.3 is 0 Å². The third kappa shape index (κ3) is 3.01. The normalized spacial score (nSPS) is 14.2. The lowest BCUT2D eigenvalue weighted by atomic mass is 10.1. The van der Waals surface area contributed by atoms with Crippen molar-refractivity contribution in [3.63, 3.8) is 0 Å². The third-order valence-corrected chi connectivity index (χ3v) is 3.26. The van der Waals surface area contributed by atoms with Crippen molar-refractivity contribution in [2.24, 2.45) is 5.92 Å². The summed E-state index contributed by atoms with van der Waals surface area (Å²) in [6, 6.07) is 6.59. The Morgan fingerprint density at radius 2 is 2.00 bits per heavy atom. The van der Waals surface area contributed by atoms with E-state index in [0.717, 1.165) is 24.7 Å². The summed E-state index contributed by atoms with van der Waals surface area (Å²) in [5, 5.41) is 0. The van der Waals surface area contributed by atoms with E-state index in [1.165, 1.54) is 36.8 Å². The summed E-state index contributed by atoms with van der Waals surface area (Å²) >= 11 is 0. The van der Waals surface area contributed by atoms with E-state index in [1.54, 1.807) is 0 Å². The molecule has 0 amide bonds. The minimum Gasteiger partial charge on any atom is -0.494 e. The maximum atomic E-state index is 5.78. The Hall–Kier alpha value is -0.980. The van der Waals surface area contributed by atoms with Crippen LogP contribution in [0.4, 0.5) is 0 Å². The van der Waals surface area contributed by atoms with Gasteiger partial charge in [-0.1, -0.05) is 19.9 Å². The van der Waals surface area contributed by atoms with E-state index >= 15 is 0 Å². The summed E-state index contributed by atoms with van der Waals surface area (Å²) in [7, 11) is 0. The molecule has 1 aromatic carbocycles. The molecule has 0 aliphatic heterocycles.